The van der Waals surface area contributed by atoms with Crippen LogP contribution in [-0.2, 0) is 13.5 Å². The molecule has 0 saturated heterocycles. The van der Waals surface area contributed by atoms with E-state index in [-0.39, 0.29) is 6.04 Å². The fourth-order valence-corrected chi connectivity index (χ4v) is 3.56. The molecule has 5 heteroatoms. The Hall–Kier alpha value is -0.910. The van der Waals surface area contributed by atoms with E-state index in [1.54, 1.807) is 0 Å². The SMILES string of the molecule is CCc1nn(C)cc1C(CN)N(C)CC1(N(C)C)CCC1. The third kappa shape index (κ3) is 3.15. The molecule has 1 aliphatic rings. The summed E-state index contributed by atoms with van der Waals surface area (Å²) in [6.45, 7) is 3.87. The Kier molecular flexibility index (Phi) is 5.07. The average Bonchev–Trinajstić information content (AvgIpc) is 2.75. The van der Waals surface area contributed by atoms with Crippen LogP contribution in [-0.4, -0.2) is 59.4 Å². The third-order valence-corrected chi connectivity index (χ3v) is 5.16. The van der Waals surface area contributed by atoms with E-state index in [9.17, 15) is 0 Å². The van der Waals surface area contributed by atoms with Crippen molar-refractivity contribution in [1.82, 2.24) is 19.6 Å². The van der Waals surface area contributed by atoms with Crippen LogP contribution in [0.15, 0.2) is 6.20 Å². The van der Waals surface area contributed by atoms with Gasteiger partial charge in [-0.15, -0.1) is 0 Å². The molecule has 0 bridgehead atoms. The maximum atomic E-state index is 6.10. The van der Waals surface area contributed by atoms with Crippen LogP contribution in [0.2, 0.25) is 0 Å². The lowest BCUT2D eigenvalue weighted by Gasteiger charge is -2.50. The van der Waals surface area contributed by atoms with Crippen molar-refractivity contribution in [3.05, 3.63) is 17.5 Å². The Morgan fingerprint density at radius 3 is 2.48 bits per heavy atom. The first-order valence-corrected chi connectivity index (χ1v) is 8.03. The first-order chi connectivity index (χ1) is 9.93. The Labute approximate surface area is 129 Å². The van der Waals surface area contributed by atoms with Gasteiger partial charge in [-0.1, -0.05) is 6.92 Å². The van der Waals surface area contributed by atoms with Crippen molar-refractivity contribution in [3.63, 3.8) is 0 Å². The van der Waals surface area contributed by atoms with Crippen LogP contribution >= 0.6 is 0 Å². The molecule has 0 aromatic carbocycles. The fourth-order valence-electron chi connectivity index (χ4n) is 3.56. The van der Waals surface area contributed by atoms with Crippen molar-refractivity contribution in [2.24, 2.45) is 12.8 Å². The van der Waals surface area contributed by atoms with Gasteiger partial charge in [0.05, 0.1) is 11.7 Å². The minimum atomic E-state index is 0.256. The van der Waals surface area contributed by atoms with E-state index in [2.05, 4.69) is 49.2 Å². The highest BCUT2D eigenvalue weighted by molar-refractivity contribution is 5.22. The second-order valence-electron chi connectivity index (χ2n) is 6.70. The molecule has 5 nitrogen and oxygen atoms in total. The fraction of sp³-hybridized carbons (Fsp3) is 0.812. The van der Waals surface area contributed by atoms with Crippen LogP contribution in [0.1, 0.15) is 43.5 Å². The topological polar surface area (TPSA) is 50.3 Å². The van der Waals surface area contributed by atoms with E-state index >= 15 is 0 Å². The molecule has 1 heterocycles. The van der Waals surface area contributed by atoms with Gasteiger partial charge in [0.1, 0.15) is 0 Å². The maximum Gasteiger partial charge on any atom is 0.0670 e. The molecular formula is C16H31N5. The van der Waals surface area contributed by atoms with Crippen molar-refractivity contribution in [2.75, 3.05) is 34.2 Å². The van der Waals surface area contributed by atoms with Crippen LogP contribution in [0.25, 0.3) is 0 Å². The van der Waals surface area contributed by atoms with Crippen LogP contribution in [0.5, 0.6) is 0 Å². The summed E-state index contributed by atoms with van der Waals surface area (Å²) in [7, 11) is 8.59. The number of nitrogens with two attached hydrogens (primary N) is 1. The van der Waals surface area contributed by atoms with Crippen LogP contribution in [0.4, 0.5) is 0 Å². The zero-order valence-corrected chi connectivity index (χ0v) is 14.3. The molecule has 1 saturated carbocycles. The number of rotatable bonds is 7. The second kappa shape index (κ2) is 6.46. The molecule has 1 aromatic rings. The molecule has 0 amide bonds. The van der Waals surface area contributed by atoms with E-state index in [4.69, 9.17) is 5.73 Å². The lowest BCUT2D eigenvalue weighted by molar-refractivity contribution is 0.0167. The standard InChI is InChI=1S/C16H31N5/c1-6-14-13(11-21(5)18-14)15(10-17)20(4)12-16(19(2)3)8-7-9-16/h11,15H,6-10,12,17H2,1-5H3. The summed E-state index contributed by atoms with van der Waals surface area (Å²) in [6, 6.07) is 0.256. The van der Waals surface area contributed by atoms with Gasteiger partial charge < -0.3 is 10.6 Å². The summed E-state index contributed by atoms with van der Waals surface area (Å²) >= 11 is 0. The van der Waals surface area contributed by atoms with Gasteiger partial charge >= 0.3 is 0 Å². The highest BCUT2D eigenvalue weighted by Gasteiger charge is 2.41. The van der Waals surface area contributed by atoms with Gasteiger partial charge in [-0.25, -0.2) is 0 Å². The van der Waals surface area contributed by atoms with E-state index < -0.39 is 0 Å². The third-order valence-electron chi connectivity index (χ3n) is 5.16. The van der Waals surface area contributed by atoms with E-state index in [0.29, 0.717) is 12.1 Å². The number of hydrogen-bond donors (Lipinski definition) is 1. The van der Waals surface area contributed by atoms with E-state index in [0.717, 1.165) is 13.0 Å². The number of likely N-dealkylation sites (N-methyl/N-ethyl adjacent to an activating group) is 2. The predicted molar refractivity (Wildman–Crippen MR) is 87.3 cm³/mol. The molecule has 1 atom stereocenters. The van der Waals surface area contributed by atoms with Crippen molar-refractivity contribution >= 4 is 0 Å². The summed E-state index contributed by atoms with van der Waals surface area (Å²) in [5, 5.41) is 4.57. The van der Waals surface area contributed by atoms with Gasteiger partial charge in [-0.2, -0.15) is 5.10 Å². The molecule has 21 heavy (non-hydrogen) atoms. The monoisotopic (exact) mass is 293 g/mol. The average molecular weight is 293 g/mol. The van der Waals surface area contributed by atoms with Gasteiger partial charge in [-0.05, 0) is 46.8 Å². The Balaban J connectivity index is 2.16. The molecule has 1 unspecified atom stereocenters. The van der Waals surface area contributed by atoms with E-state index in [1.165, 1.54) is 30.5 Å². The molecule has 0 aliphatic heterocycles. The van der Waals surface area contributed by atoms with Gasteiger partial charge in [-0.3, -0.25) is 9.58 Å². The zero-order chi connectivity index (χ0) is 15.6. The van der Waals surface area contributed by atoms with Crippen molar-refractivity contribution in [3.8, 4) is 0 Å². The van der Waals surface area contributed by atoms with Crippen molar-refractivity contribution in [2.45, 2.75) is 44.2 Å². The highest BCUT2D eigenvalue weighted by atomic mass is 15.3. The van der Waals surface area contributed by atoms with Gasteiger partial charge in [0.2, 0.25) is 0 Å². The Morgan fingerprint density at radius 2 is 2.05 bits per heavy atom. The van der Waals surface area contributed by atoms with Gasteiger partial charge in [0.15, 0.2) is 0 Å². The zero-order valence-electron chi connectivity index (χ0n) is 14.3. The lowest BCUT2D eigenvalue weighted by Crippen LogP contribution is -2.57. The molecular weight excluding hydrogens is 262 g/mol. The number of hydrogen-bond acceptors (Lipinski definition) is 4. The smallest absolute Gasteiger partial charge is 0.0670 e. The molecule has 2 N–H and O–H groups in total. The summed E-state index contributed by atoms with van der Waals surface area (Å²) in [5.74, 6) is 0. The van der Waals surface area contributed by atoms with Crippen molar-refractivity contribution < 1.29 is 0 Å². The maximum absolute atomic E-state index is 6.10. The molecule has 2 rings (SSSR count). The van der Waals surface area contributed by atoms with Crippen LogP contribution in [0.3, 0.4) is 0 Å². The van der Waals surface area contributed by atoms with Gasteiger partial charge in [0, 0.05) is 37.4 Å². The summed E-state index contributed by atoms with van der Waals surface area (Å²) in [4.78, 5) is 4.82. The molecule has 1 aromatic heterocycles. The Morgan fingerprint density at radius 1 is 1.38 bits per heavy atom. The number of nitrogens with zero attached hydrogens (tertiary/aromatic N) is 4. The highest BCUT2D eigenvalue weighted by Crippen LogP contribution is 2.38. The minimum Gasteiger partial charge on any atom is -0.329 e. The number of aryl methyl sites for hydroxylation is 2. The quantitative estimate of drug-likeness (QED) is 0.825. The molecule has 0 spiro atoms. The summed E-state index contributed by atoms with van der Waals surface area (Å²) < 4.78 is 1.91. The molecule has 1 fully saturated rings. The molecule has 0 radical (unpaired) electrons. The largest absolute Gasteiger partial charge is 0.329 e. The van der Waals surface area contributed by atoms with Gasteiger partial charge in [0.25, 0.3) is 0 Å². The van der Waals surface area contributed by atoms with E-state index in [1.807, 2.05) is 11.7 Å². The minimum absolute atomic E-state index is 0.256. The first kappa shape index (κ1) is 16.5. The number of aromatic nitrogens is 2. The normalized spacial score (nSPS) is 19.0. The first-order valence-electron chi connectivity index (χ1n) is 8.03. The Bertz CT molecular complexity index is 461. The summed E-state index contributed by atoms with van der Waals surface area (Å²) in [5.41, 5.74) is 8.89. The predicted octanol–water partition coefficient (Wildman–Crippen LogP) is 1.40. The lowest BCUT2D eigenvalue weighted by atomic mass is 9.75. The molecule has 120 valence electrons. The second-order valence-corrected chi connectivity index (χ2v) is 6.70. The van der Waals surface area contributed by atoms with Crippen molar-refractivity contribution in [1.29, 1.82) is 0 Å². The van der Waals surface area contributed by atoms with Crippen LogP contribution in [0, 0.1) is 0 Å². The summed E-state index contributed by atoms with van der Waals surface area (Å²) in [6.07, 6.45) is 7.01. The van der Waals surface area contributed by atoms with Crippen LogP contribution < -0.4 is 5.73 Å². The molecule has 1 aliphatic carbocycles.